The van der Waals surface area contributed by atoms with E-state index >= 15 is 0 Å². The summed E-state index contributed by atoms with van der Waals surface area (Å²) in [6.45, 7) is 7.74. The number of nitrogens with one attached hydrogen (secondary N) is 3. The quantitative estimate of drug-likeness (QED) is 0.765. The molecule has 1 aliphatic rings. The van der Waals surface area contributed by atoms with E-state index in [1.165, 1.54) is 0 Å². The molecule has 3 N–H and O–H groups in total. The van der Waals surface area contributed by atoms with E-state index in [0.29, 0.717) is 23.5 Å². The van der Waals surface area contributed by atoms with Crippen molar-refractivity contribution < 1.29 is 14.3 Å². The normalized spacial score (nSPS) is 16.8. The lowest BCUT2D eigenvalue weighted by molar-refractivity contribution is 0.0502. The van der Waals surface area contributed by atoms with Crippen LogP contribution < -0.4 is 10.6 Å². The molecule has 1 saturated carbocycles. The molecule has 0 saturated heterocycles. The van der Waals surface area contributed by atoms with Crippen LogP contribution in [0.15, 0.2) is 24.4 Å². The maximum absolute atomic E-state index is 12.9. The van der Waals surface area contributed by atoms with Crippen LogP contribution in [0.2, 0.25) is 0 Å². The number of benzene rings is 1. The van der Waals surface area contributed by atoms with Crippen molar-refractivity contribution in [1.82, 2.24) is 20.8 Å². The highest BCUT2D eigenvalue weighted by molar-refractivity contribution is 6.05. The Hall–Kier alpha value is -2.57. The fourth-order valence-electron chi connectivity index (χ4n) is 3.07. The number of fused-ring (bicyclic) bond motifs is 1. The molecule has 0 spiro atoms. The summed E-state index contributed by atoms with van der Waals surface area (Å²) in [6, 6.07) is 5.50. The molecule has 0 aliphatic heterocycles. The maximum atomic E-state index is 12.9. The smallest absolute Gasteiger partial charge is 0.407 e. The van der Waals surface area contributed by atoms with Gasteiger partial charge in [-0.2, -0.15) is 5.10 Å². The molecular formula is C19H26N4O3. The predicted octanol–water partition coefficient (Wildman–Crippen LogP) is 2.99. The number of H-pyrrole nitrogens is 1. The molecule has 26 heavy (non-hydrogen) atoms. The molecule has 7 nitrogen and oxygen atoms in total. The Balaban J connectivity index is 1.71. The standard InChI is InChI=1S/C19H26N4O3/c1-18(2,3)26-17(25)20-11-19(4,13-8-9-13)22-16(24)14-7-5-6-12-10-21-23-15(12)14/h5-7,10,13H,8-9,11H2,1-4H3,(H,20,25)(H,21,23)(H,22,24)/t19-/m0/s1. The summed E-state index contributed by atoms with van der Waals surface area (Å²) in [5.74, 6) is 0.155. The number of amides is 2. The summed E-state index contributed by atoms with van der Waals surface area (Å²) in [7, 11) is 0. The van der Waals surface area contributed by atoms with Crippen LogP contribution in [0, 0.1) is 5.92 Å². The molecule has 3 rings (SSSR count). The predicted molar refractivity (Wildman–Crippen MR) is 98.9 cm³/mol. The number of aromatic amines is 1. The van der Waals surface area contributed by atoms with Crippen molar-refractivity contribution in [3.05, 3.63) is 30.0 Å². The van der Waals surface area contributed by atoms with Crippen molar-refractivity contribution in [1.29, 1.82) is 0 Å². The third-order valence-corrected chi connectivity index (χ3v) is 4.60. The van der Waals surface area contributed by atoms with Gasteiger partial charge in [-0.05, 0) is 52.5 Å². The van der Waals surface area contributed by atoms with Gasteiger partial charge < -0.3 is 15.4 Å². The first-order valence-electron chi connectivity index (χ1n) is 8.89. The van der Waals surface area contributed by atoms with Crippen LogP contribution >= 0.6 is 0 Å². The number of ether oxygens (including phenoxy) is 1. The number of aromatic nitrogens is 2. The SMILES string of the molecule is CC(C)(C)OC(=O)NC[C@](C)(NC(=O)c1cccc2cn[nH]c12)C1CC1. The molecule has 1 fully saturated rings. The molecule has 2 amide bonds. The number of para-hydroxylation sites is 1. The van der Waals surface area contributed by atoms with Crippen molar-refractivity contribution in [3.63, 3.8) is 0 Å². The van der Waals surface area contributed by atoms with Gasteiger partial charge in [0.2, 0.25) is 0 Å². The average Bonchev–Trinajstić information content (AvgIpc) is 3.29. The zero-order valence-corrected chi connectivity index (χ0v) is 15.7. The van der Waals surface area contributed by atoms with Crippen molar-refractivity contribution in [2.45, 2.75) is 51.7 Å². The molecule has 1 aromatic carbocycles. The molecule has 1 heterocycles. The van der Waals surface area contributed by atoms with Gasteiger partial charge in [0.15, 0.2) is 0 Å². The number of carbonyl (C=O) groups excluding carboxylic acids is 2. The number of carbonyl (C=O) groups is 2. The fourth-order valence-corrected chi connectivity index (χ4v) is 3.07. The van der Waals surface area contributed by atoms with Crippen LogP contribution in [-0.2, 0) is 4.74 Å². The second-order valence-corrected chi connectivity index (χ2v) is 8.14. The first-order valence-corrected chi connectivity index (χ1v) is 8.89. The number of alkyl carbamates (subject to hydrolysis) is 1. The molecule has 0 bridgehead atoms. The molecule has 1 aliphatic carbocycles. The lowest BCUT2D eigenvalue weighted by atomic mass is 9.94. The molecule has 1 atom stereocenters. The molecule has 0 radical (unpaired) electrons. The summed E-state index contributed by atoms with van der Waals surface area (Å²) in [5.41, 5.74) is 0.169. The second kappa shape index (κ2) is 6.63. The molecular weight excluding hydrogens is 332 g/mol. The summed E-state index contributed by atoms with van der Waals surface area (Å²) >= 11 is 0. The first kappa shape index (κ1) is 18.2. The van der Waals surface area contributed by atoms with Gasteiger partial charge in [-0.3, -0.25) is 9.89 Å². The van der Waals surface area contributed by atoms with E-state index in [0.717, 1.165) is 18.2 Å². The number of rotatable bonds is 5. The summed E-state index contributed by atoms with van der Waals surface area (Å²) in [4.78, 5) is 24.9. The van der Waals surface area contributed by atoms with Gasteiger partial charge in [0.1, 0.15) is 5.60 Å². The van der Waals surface area contributed by atoms with Crippen LogP contribution in [0.5, 0.6) is 0 Å². The number of hydrogen-bond donors (Lipinski definition) is 3. The zero-order chi connectivity index (χ0) is 18.9. The molecule has 1 aromatic heterocycles. The Labute approximate surface area is 152 Å². The van der Waals surface area contributed by atoms with E-state index < -0.39 is 17.2 Å². The lowest BCUT2D eigenvalue weighted by Crippen LogP contribution is -2.55. The Morgan fingerprint density at radius 2 is 2.00 bits per heavy atom. The van der Waals surface area contributed by atoms with Gasteiger partial charge in [-0.25, -0.2) is 4.79 Å². The van der Waals surface area contributed by atoms with Crippen molar-refractivity contribution in [3.8, 4) is 0 Å². The van der Waals surface area contributed by atoms with Gasteiger partial charge in [-0.15, -0.1) is 0 Å². The Morgan fingerprint density at radius 1 is 1.27 bits per heavy atom. The average molecular weight is 358 g/mol. The van der Waals surface area contributed by atoms with Crippen molar-refractivity contribution in [2.75, 3.05) is 6.54 Å². The molecule has 7 heteroatoms. The summed E-state index contributed by atoms with van der Waals surface area (Å²) in [6.07, 6.45) is 3.27. The lowest BCUT2D eigenvalue weighted by Gasteiger charge is -2.32. The van der Waals surface area contributed by atoms with E-state index in [2.05, 4.69) is 20.8 Å². The monoisotopic (exact) mass is 358 g/mol. The zero-order valence-electron chi connectivity index (χ0n) is 15.7. The van der Waals surface area contributed by atoms with Crippen molar-refractivity contribution >= 4 is 22.9 Å². The first-order chi connectivity index (χ1) is 12.2. The highest BCUT2D eigenvalue weighted by Gasteiger charge is 2.43. The Bertz CT molecular complexity index is 820. The van der Waals surface area contributed by atoms with E-state index in [4.69, 9.17) is 4.74 Å². The van der Waals surface area contributed by atoms with Gasteiger partial charge in [0.05, 0.1) is 22.8 Å². The molecule has 140 valence electrons. The molecule has 2 aromatic rings. The Kier molecular flexibility index (Phi) is 4.64. The largest absolute Gasteiger partial charge is 0.444 e. The van der Waals surface area contributed by atoms with Gasteiger partial charge in [-0.1, -0.05) is 12.1 Å². The van der Waals surface area contributed by atoms with Crippen LogP contribution in [0.4, 0.5) is 4.79 Å². The van der Waals surface area contributed by atoms with Crippen LogP contribution in [0.1, 0.15) is 50.9 Å². The highest BCUT2D eigenvalue weighted by Crippen LogP contribution is 2.39. The van der Waals surface area contributed by atoms with Crippen LogP contribution in [0.3, 0.4) is 0 Å². The van der Waals surface area contributed by atoms with E-state index in [9.17, 15) is 9.59 Å². The van der Waals surface area contributed by atoms with Gasteiger partial charge >= 0.3 is 6.09 Å². The summed E-state index contributed by atoms with van der Waals surface area (Å²) in [5, 5.41) is 13.7. The fraction of sp³-hybridized carbons (Fsp3) is 0.526. The molecule has 0 unspecified atom stereocenters. The van der Waals surface area contributed by atoms with Gasteiger partial charge in [0.25, 0.3) is 5.91 Å². The van der Waals surface area contributed by atoms with Crippen LogP contribution in [-0.4, -0.2) is 39.9 Å². The van der Waals surface area contributed by atoms with E-state index in [1.54, 1.807) is 12.3 Å². The topological polar surface area (TPSA) is 96.1 Å². The van der Waals surface area contributed by atoms with E-state index in [1.807, 2.05) is 39.8 Å². The minimum absolute atomic E-state index is 0.180. The second-order valence-electron chi connectivity index (χ2n) is 8.14. The van der Waals surface area contributed by atoms with E-state index in [-0.39, 0.29) is 5.91 Å². The van der Waals surface area contributed by atoms with Crippen molar-refractivity contribution in [2.24, 2.45) is 5.92 Å². The number of nitrogens with zero attached hydrogens (tertiary/aromatic N) is 1. The summed E-state index contributed by atoms with van der Waals surface area (Å²) < 4.78 is 5.29. The Morgan fingerprint density at radius 3 is 2.65 bits per heavy atom. The van der Waals surface area contributed by atoms with Crippen LogP contribution in [0.25, 0.3) is 10.9 Å². The third kappa shape index (κ3) is 4.15. The minimum atomic E-state index is -0.556. The highest BCUT2D eigenvalue weighted by atomic mass is 16.6. The van der Waals surface area contributed by atoms with Gasteiger partial charge in [0, 0.05) is 11.9 Å². The minimum Gasteiger partial charge on any atom is -0.444 e. The maximum Gasteiger partial charge on any atom is 0.407 e. The third-order valence-electron chi connectivity index (χ3n) is 4.60. The number of hydrogen-bond acceptors (Lipinski definition) is 4.